The van der Waals surface area contributed by atoms with E-state index in [1.807, 2.05) is 13.8 Å². The van der Waals surface area contributed by atoms with Gasteiger partial charge in [-0.15, -0.1) is 0 Å². The number of fused-ring (bicyclic) bond motifs is 1. The Morgan fingerprint density at radius 3 is 2.23 bits per heavy atom. The molecule has 10 heteroatoms. The van der Waals surface area contributed by atoms with Gasteiger partial charge >= 0.3 is 6.18 Å². The van der Waals surface area contributed by atoms with Crippen LogP contribution in [0.25, 0.3) is 10.9 Å². The zero-order chi connectivity index (χ0) is 23.1. The van der Waals surface area contributed by atoms with E-state index in [0.717, 1.165) is 16.8 Å². The van der Waals surface area contributed by atoms with Gasteiger partial charge in [0.05, 0.1) is 33.9 Å². The summed E-state index contributed by atoms with van der Waals surface area (Å²) in [7, 11) is 0. The third-order valence-corrected chi connectivity index (χ3v) is 5.05. The number of aromatic nitrogens is 4. The van der Waals surface area contributed by atoms with Crippen molar-refractivity contribution in [3.8, 4) is 0 Å². The van der Waals surface area contributed by atoms with Crippen LogP contribution in [0.3, 0.4) is 0 Å². The van der Waals surface area contributed by atoms with Crippen molar-refractivity contribution in [1.82, 2.24) is 24.9 Å². The van der Waals surface area contributed by atoms with Gasteiger partial charge in [0.2, 0.25) is 5.91 Å². The molecule has 166 valence electrons. The highest BCUT2D eigenvalue weighted by Crippen LogP contribution is 2.29. The Hall–Kier alpha value is -3.17. The number of amides is 1. The standard InChI is InChI=1S/C21H24F3N5O2/c1-11(2)29-19-14(5)26-28(20(31)18(19)13(4)27-29)10-17(30)25-12(3)15-6-8-16(9-7-15)21(22,23)24/h6-9,11-12H,10H2,1-5H3,(H,25,30). The third-order valence-electron chi connectivity index (χ3n) is 5.05. The summed E-state index contributed by atoms with van der Waals surface area (Å²) in [5.41, 5.74) is 1.13. The van der Waals surface area contributed by atoms with E-state index >= 15 is 0 Å². The van der Waals surface area contributed by atoms with Crippen LogP contribution in [-0.2, 0) is 17.5 Å². The van der Waals surface area contributed by atoms with Crippen LogP contribution in [0.2, 0.25) is 0 Å². The van der Waals surface area contributed by atoms with Crippen LogP contribution >= 0.6 is 0 Å². The Kier molecular flexibility index (Phi) is 5.93. The molecule has 0 bridgehead atoms. The monoisotopic (exact) mass is 435 g/mol. The fraction of sp³-hybridized carbons (Fsp3) is 0.429. The number of benzene rings is 1. The summed E-state index contributed by atoms with van der Waals surface area (Å²) < 4.78 is 41.0. The van der Waals surface area contributed by atoms with Crippen LogP contribution in [-0.4, -0.2) is 25.5 Å². The third kappa shape index (κ3) is 4.47. The van der Waals surface area contributed by atoms with Gasteiger partial charge in [0.25, 0.3) is 5.56 Å². The highest BCUT2D eigenvalue weighted by Gasteiger charge is 2.30. The summed E-state index contributed by atoms with van der Waals surface area (Å²) in [6, 6.07) is 4.07. The molecule has 0 saturated heterocycles. The lowest BCUT2D eigenvalue weighted by Gasteiger charge is -2.16. The zero-order valence-electron chi connectivity index (χ0n) is 17.9. The summed E-state index contributed by atoms with van der Waals surface area (Å²) in [4.78, 5) is 25.4. The fourth-order valence-electron chi connectivity index (χ4n) is 3.50. The quantitative estimate of drug-likeness (QED) is 0.663. The Labute approximate surface area is 176 Å². The number of hydrogen-bond acceptors (Lipinski definition) is 4. The molecule has 1 N–H and O–H groups in total. The molecule has 3 aromatic rings. The van der Waals surface area contributed by atoms with Gasteiger partial charge in [0.15, 0.2) is 0 Å². The first-order chi connectivity index (χ1) is 14.4. The minimum atomic E-state index is -4.42. The predicted molar refractivity (Wildman–Crippen MR) is 110 cm³/mol. The largest absolute Gasteiger partial charge is 0.416 e. The molecule has 1 aromatic carbocycles. The number of carbonyl (C=O) groups is 1. The van der Waals surface area contributed by atoms with E-state index in [-0.39, 0.29) is 12.6 Å². The van der Waals surface area contributed by atoms with Crippen LogP contribution < -0.4 is 10.9 Å². The highest BCUT2D eigenvalue weighted by molar-refractivity contribution is 5.83. The molecule has 7 nitrogen and oxygen atoms in total. The van der Waals surface area contributed by atoms with Crippen molar-refractivity contribution in [3.63, 3.8) is 0 Å². The first-order valence-corrected chi connectivity index (χ1v) is 9.83. The Morgan fingerprint density at radius 2 is 1.68 bits per heavy atom. The molecule has 0 fully saturated rings. The van der Waals surface area contributed by atoms with Crippen molar-refractivity contribution in [2.45, 2.75) is 59.4 Å². The van der Waals surface area contributed by atoms with Gasteiger partial charge < -0.3 is 5.32 Å². The number of halogens is 3. The second-order valence-electron chi connectivity index (χ2n) is 7.80. The first-order valence-electron chi connectivity index (χ1n) is 9.83. The van der Waals surface area contributed by atoms with Crippen molar-refractivity contribution >= 4 is 16.8 Å². The van der Waals surface area contributed by atoms with Crippen molar-refractivity contribution in [2.75, 3.05) is 0 Å². The second-order valence-corrected chi connectivity index (χ2v) is 7.80. The Balaban J connectivity index is 1.81. The summed E-state index contributed by atoms with van der Waals surface area (Å²) in [6.07, 6.45) is -4.42. The minimum absolute atomic E-state index is 0.0415. The van der Waals surface area contributed by atoms with Gasteiger partial charge in [-0.2, -0.15) is 23.4 Å². The van der Waals surface area contributed by atoms with Gasteiger partial charge in [0, 0.05) is 6.04 Å². The molecule has 0 saturated carbocycles. The number of carbonyl (C=O) groups excluding carboxylic acids is 1. The van der Waals surface area contributed by atoms with E-state index in [9.17, 15) is 22.8 Å². The van der Waals surface area contributed by atoms with Gasteiger partial charge in [-0.3, -0.25) is 14.3 Å². The fourth-order valence-corrected chi connectivity index (χ4v) is 3.50. The van der Waals surface area contributed by atoms with E-state index in [2.05, 4.69) is 15.5 Å². The molecule has 2 heterocycles. The molecule has 0 radical (unpaired) electrons. The molecule has 0 aliphatic heterocycles. The molecule has 0 aliphatic rings. The summed E-state index contributed by atoms with van der Waals surface area (Å²) in [6.45, 7) is 8.73. The van der Waals surface area contributed by atoms with Crippen molar-refractivity contribution < 1.29 is 18.0 Å². The number of rotatable bonds is 5. The molecule has 1 atom stereocenters. The average molecular weight is 435 g/mol. The van der Waals surface area contributed by atoms with Gasteiger partial charge in [-0.1, -0.05) is 12.1 Å². The van der Waals surface area contributed by atoms with Crippen molar-refractivity contribution in [2.24, 2.45) is 0 Å². The Morgan fingerprint density at radius 1 is 1.06 bits per heavy atom. The summed E-state index contributed by atoms with van der Waals surface area (Å²) in [5.74, 6) is -0.477. The number of nitrogens with zero attached hydrogens (tertiary/aromatic N) is 4. The van der Waals surface area contributed by atoms with Crippen LogP contribution in [0, 0.1) is 13.8 Å². The van der Waals surface area contributed by atoms with E-state index in [0.29, 0.717) is 27.9 Å². The van der Waals surface area contributed by atoms with Crippen molar-refractivity contribution in [3.05, 3.63) is 57.1 Å². The van der Waals surface area contributed by atoms with E-state index in [1.165, 1.54) is 12.1 Å². The SMILES string of the molecule is Cc1nn(C(C)C)c2c(C)nn(CC(=O)NC(C)c3ccc(C(F)(F)F)cc3)c(=O)c12. The number of alkyl halides is 3. The maximum atomic E-state index is 12.9. The van der Waals surface area contributed by atoms with Gasteiger partial charge in [-0.25, -0.2) is 4.68 Å². The molecule has 0 spiro atoms. The maximum Gasteiger partial charge on any atom is 0.416 e. The lowest BCUT2D eigenvalue weighted by atomic mass is 10.1. The summed E-state index contributed by atoms with van der Waals surface area (Å²) in [5, 5.41) is 11.8. The van der Waals surface area contributed by atoms with Gasteiger partial charge in [0.1, 0.15) is 6.54 Å². The van der Waals surface area contributed by atoms with Crippen LogP contribution in [0.15, 0.2) is 29.1 Å². The molecular formula is C21H24F3N5O2. The lowest BCUT2D eigenvalue weighted by Crippen LogP contribution is -2.35. The number of hydrogen-bond donors (Lipinski definition) is 1. The normalized spacial score (nSPS) is 13.1. The summed E-state index contributed by atoms with van der Waals surface area (Å²) >= 11 is 0. The topological polar surface area (TPSA) is 81.8 Å². The highest BCUT2D eigenvalue weighted by atomic mass is 19.4. The van der Waals surface area contributed by atoms with Gasteiger partial charge in [-0.05, 0) is 52.3 Å². The molecule has 0 aliphatic carbocycles. The smallest absolute Gasteiger partial charge is 0.348 e. The van der Waals surface area contributed by atoms with E-state index in [4.69, 9.17) is 0 Å². The van der Waals surface area contributed by atoms with E-state index < -0.39 is 29.2 Å². The number of aryl methyl sites for hydroxylation is 2. The average Bonchev–Trinajstić information content (AvgIpc) is 3.03. The van der Waals surface area contributed by atoms with Crippen LogP contribution in [0.5, 0.6) is 0 Å². The van der Waals surface area contributed by atoms with Crippen LogP contribution in [0.1, 0.15) is 55.4 Å². The molecule has 31 heavy (non-hydrogen) atoms. The van der Waals surface area contributed by atoms with Crippen molar-refractivity contribution in [1.29, 1.82) is 0 Å². The molecule has 1 unspecified atom stereocenters. The zero-order valence-corrected chi connectivity index (χ0v) is 17.9. The Bertz CT molecular complexity index is 1180. The van der Waals surface area contributed by atoms with Crippen LogP contribution in [0.4, 0.5) is 13.2 Å². The molecule has 3 rings (SSSR count). The van der Waals surface area contributed by atoms with E-state index in [1.54, 1.807) is 25.5 Å². The molecule has 1 amide bonds. The molecular weight excluding hydrogens is 411 g/mol. The number of nitrogens with one attached hydrogen (secondary N) is 1. The second kappa shape index (κ2) is 8.16. The minimum Gasteiger partial charge on any atom is -0.348 e. The maximum absolute atomic E-state index is 12.9. The lowest BCUT2D eigenvalue weighted by molar-refractivity contribution is -0.137. The molecule has 2 aromatic heterocycles. The predicted octanol–water partition coefficient (Wildman–Crippen LogP) is 3.69. The first kappa shape index (κ1) is 22.5.